The summed E-state index contributed by atoms with van der Waals surface area (Å²) in [5.41, 5.74) is 2.43. The van der Waals surface area contributed by atoms with Gasteiger partial charge in [-0.2, -0.15) is 0 Å². The van der Waals surface area contributed by atoms with E-state index in [9.17, 15) is 9.59 Å². The molecule has 2 N–H and O–H groups in total. The highest BCUT2D eigenvalue weighted by Crippen LogP contribution is 2.14. The van der Waals surface area contributed by atoms with Crippen LogP contribution in [0.1, 0.15) is 35.3 Å². The van der Waals surface area contributed by atoms with Crippen LogP contribution in [0, 0.1) is 25.7 Å². The molecule has 0 aliphatic heterocycles. The molecule has 4 nitrogen and oxygen atoms in total. The molecule has 104 valence electrons. The molecule has 0 saturated carbocycles. The van der Waals surface area contributed by atoms with Crippen molar-refractivity contribution in [3.8, 4) is 0 Å². The molecular weight excluding hydrogens is 242 g/mol. The van der Waals surface area contributed by atoms with Gasteiger partial charge >= 0.3 is 5.97 Å². The third-order valence-corrected chi connectivity index (χ3v) is 3.31. The Labute approximate surface area is 113 Å². The monoisotopic (exact) mass is 263 g/mol. The van der Waals surface area contributed by atoms with Crippen LogP contribution in [0.25, 0.3) is 0 Å². The number of aliphatic carboxylic acids is 1. The van der Waals surface area contributed by atoms with Gasteiger partial charge in [0.05, 0.1) is 5.92 Å². The van der Waals surface area contributed by atoms with E-state index in [1.54, 1.807) is 0 Å². The van der Waals surface area contributed by atoms with Crippen LogP contribution in [0.5, 0.6) is 0 Å². The first-order chi connectivity index (χ1) is 8.84. The molecule has 0 aliphatic carbocycles. The fraction of sp³-hybridized carbons (Fsp3) is 0.467. The standard InChI is InChI=1S/C15H21NO3/c1-9(2)12(15(18)19)8-16-14(17)13-10(3)6-5-7-11(13)4/h5-7,9,12H,8H2,1-4H3,(H,16,17)(H,18,19). The summed E-state index contributed by atoms with van der Waals surface area (Å²) in [5, 5.41) is 11.8. The maximum absolute atomic E-state index is 12.1. The molecule has 0 saturated heterocycles. The van der Waals surface area contributed by atoms with Crippen molar-refractivity contribution >= 4 is 11.9 Å². The number of carboxylic acids is 1. The normalized spacial score (nSPS) is 12.3. The van der Waals surface area contributed by atoms with Crippen molar-refractivity contribution in [2.24, 2.45) is 11.8 Å². The third-order valence-electron chi connectivity index (χ3n) is 3.31. The number of carboxylic acid groups (broad SMARTS) is 1. The van der Waals surface area contributed by atoms with Gasteiger partial charge in [0.2, 0.25) is 0 Å². The van der Waals surface area contributed by atoms with Gasteiger partial charge in [-0.3, -0.25) is 9.59 Å². The molecule has 1 atom stereocenters. The summed E-state index contributed by atoms with van der Waals surface area (Å²) in [6, 6.07) is 5.65. The number of amides is 1. The molecule has 1 aromatic rings. The average Bonchev–Trinajstić information content (AvgIpc) is 2.27. The molecule has 1 unspecified atom stereocenters. The number of hydrogen-bond donors (Lipinski definition) is 2. The van der Waals surface area contributed by atoms with Gasteiger partial charge in [0.25, 0.3) is 5.91 Å². The van der Waals surface area contributed by atoms with Crippen LogP contribution < -0.4 is 5.32 Å². The molecule has 4 heteroatoms. The second-order valence-corrected chi connectivity index (χ2v) is 5.17. The minimum absolute atomic E-state index is 0.0178. The van der Waals surface area contributed by atoms with E-state index in [-0.39, 0.29) is 18.4 Å². The SMILES string of the molecule is Cc1cccc(C)c1C(=O)NCC(C(=O)O)C(C)C. The summed E-state index contributed by atoms with van der Waals surface area (Å²) in [5.74, 6) is -1.66. The average molecular weight is 263 g/mol. The molecule has 0 bridgehead atoms. The Morgan fingerprint density at radius 3 is 2.16 bits per heavy atom. The Bertz CT molecular complexity index is 460. The molecule has 0 fully saturated rings. The molecule has 0 aromatic heterocycles. The molecule has 1 rings (SSSR count). The first-order valence-corrected chi connectivity index (χ1v) is 6.41. The van der Waals surface area contributed by atoms with E-state index in [1.165, 1.54) is 0 Å². The lowest BCUT2D eigenvalue weighted by Gasteiger charge is -2.17. The highest BCUT2D eigenvalue weighted by atomic mass is 16.4. The number of hydrogen-bond acceptors (Lipinski definition) is 2. The summed E-state index contributed by atoms with van der Waals surface area (Å²) in [6.45, 7) is 7.58. The number of carbonyl (C=O) groups is 2. The van der Waals surface area contributed by atoms with E-state index in [0.717, 1.165) is 11.1 Å². The van der Waals surface area contributed by atoms with E-state index in [1.807, 2.05) is 45.9 Å². The fourth-order valence-electron chi connectivity index (χ4n) is 2.07. The first kappa shape index (κ1) is 15.2. The number of aryl methyl sites for hydroxylation is 2. The van der Waals surface area contributed by atoms with E-state index < -0.39 is 11.9 Å². The molecule has 0 heterocycles. The maximum atomic E-state index is 12.1. The zero-order chi connectivity index (χ0) is 14.6. The molecule has 0 spiro atoms. The third kappa shape index (κ3) is 3.81. The zero-order valence-electron chi connectivity index (χ0n) is 11.9. The number of rotatable bonds is 5. The van der Waals surface area contributed by atoms with E-state index in [2.05, 4.69) is 5.32 Å². The van der Waals surface area contributed by atoms with Crippen molar-refractivity contribution in [1.29, 1.82) is 0 Å². The lowest BCUT2D eigenvalue weighted by atomic mass is 9.95. The van der Waals surface area contributed by atoms with Gasteiger partial charge in [-0.1, -0.05) is 32.0 Å². The van der Waals surface area contributed by atoms with Crippen LogP contribution in [0.3, 0.4) is 0 Å². The van der Waals surface area contributed by atoms with Crippen molar-refractivity contribution in [2.75, 3.05) is 6.54 Å². The zero-order valence-corrected chi connectivity index (χ0v) is 11.9. The number of benzene rings is 1. The molecule has 0 radical (unpaired) electrons. The summed E-state index contributed by atoms with van der Waals surface area (Å²) in [7, 11) is 0. The highest BCUT2D eigenvalue weighted by Gasteiger charge is 2.22. The molecule has 1 aromatic carbocycles. The second kappa shape index (κ2) is 6.36. The van der Waals surface area contributed by atoms with Gasteiger partial charge in [-0.25, -0.2) is 0 Å². The lowest BCUT2D eigenvalue weighted by Crippen LogP contribution is -2.36. The van der Waals surface area contributed by atoms with Crippen molar-refractivity contribution < 1.29 is 14.7 Å². The lowest BCUT2D eigenvalue weighted by molar-refractivity contribution is -0.142. The largest absolute Gasteiger partial charge is 0.481 e. The Balaban J connectivity index is 2.78. The van der Waals surface area contributed by atoms with Crippen LogP contribution in [0.4, 0.5) is 0 Å². The summed E-state index contributed by atoms with van der Waals surface area (Å²) < 4.78 is 0. The van der Waals surface area contributed by atoms with Gasteiger partial charge in [-0.15, -0.1) is 0 Å². The van der Waals surface area contributed by atoms with Crippen molar-refractivity contribution in [3.63, 3.8) is 0 Å². The molecule has 1 amide bonds. The van der Waals surface area contributed by atoms with E-state index in [0.29, 0.717) is 5.56 Å². The second-order valence-electron chi connectivity index (χ2n) is 5.17. The quantitative estimate of drug-likeness (QED) is 0.857. The van der Waals surface area contributed by atoms with E-state index in [4.69, 9.17) is 5.11 Å². The van der Waals surface area contributed by atoms with Crippen LogP contribution in [0.15, 0.2) is 18.2 Å². The summed E-state index contributed by atoms with van der Waals surface area (Å²) in [4.78, 5) is 23.2. The van der Waals surface area contributed by atoms with Crippen LogP contribution >= 0.6 is 0 Å². The minimum Gasteiger partial charge on any atom is -0.481 e. The van der Waals surface area contributed by atoms with Gasteiger partial charge < -0.3 is 10.4 Å². The molecule has 19 heavy (non-hydrogen) atoms. The van der Waals surface area contributed by atoms with Crippen molar-refractivity contribution in [2.45, 2.75) is 27.7 Å². The Morgan fingerprint density at radius 2 is 1.74 bits per heavy atom. The Kier molecular flexibility index (Phi) is 5.10. The maximum Gasteiger partial charge on any atom is 0.308 e. The van der Waals surface area contributed by atoms with Gasteiger partial charge in [0.1, 0.15) is 0 Å². The molecular formula is C15H21NO3. The fourth-order valence-corrected chi connectivity index (χ4v) is 2.07. The van der Waals surface area contributed by atoms with Gasteiger partial charge in [0, 0.05) is 12.1 Å². The topological polar surface area (TPSA) is 66.4 Å². The van der Waals surface area contributed by atoms with Gasteiger partial charge in [0.15, 0.2) is 0 Å². The van der Waals surface area contributed by atoms with E-state index >= 15 is 0 Å². The van der Waals surface area contributed by atoms with Crippen molar-refractivity contribution in [3.05, 3.63) is 34.9 Å². The van der Waals surface area contributed by atoms with Gasteiger partial charge in [-0.05, 0) is 30.9 Å². The summed E-state index contributed by atoms with van der Waals surface area (Å²) in [6.07, 6.45) is 0. The van der Waals surface area contributed by atoms with Crippen LogP contribution in [-0.2, 0) is 4.79 Å². The minimum atomic E-state index is -0.878. The van der Waals surface area contributed by atoms with Crippen molar-refractivity contribution in [1.82, 2.24) is 5.32 Å². The highest BCUT2D eigenvalue weighted by molar-refractivity contribution is 5.97. The Morgan fingerprint density at radius 1 is 1.21 bits per heavy atom. The number of carbonyl (C=O) groups excluding carboxylic acids is 1. The predicted octanol–water partition coefficient (Wildman–Crippen LogP) is 2.39. The number of nitrogens with one attached hydrogen (secondary N) is 1. The summed E-state index contributed by atoms with van der Waals surface area (Å²) >= 11 is 0. The Hall–Kier alpha value is -1.84. The predicted molar refractivity (Wildman–Crippen MR) is 74.2 cm³/mol. The molecule has 0 aliphatic rings. The first-order valence-electron chi connectivity index (χ1n) is 6.41. The smallest absolute Gasteiger partial charge is 0.308 e. The van der Waals surface area contributed by atoms with Crippen LogP contribution in [-0.4, -0.2) is 23.5 Å². The van der Waals surface area contributed by atoms with Crippen LogP contribution in [0.2, 0.25) is 0 Å².